The second kappa shape index (κ2) is 7.14. The van der Waals surface area contributed by atoms with Crippen LogP contribution in [0.2, 0.25) is 0 Å². The van der Waals surface area contributed by atoms with E-state index in [1.165, 1.54) is 5.56 Å². The average molecular weight is 307 g/mol. The van der Waals surface area contributed by atoms with Crippen molar-refractivity contribution in [2.24, 2.45) is 0 Å². The van der Waals surface area contributed by atoms with Gasteiger partial charge in [0.1, 0.15) is 12.4 Å². The van der Waals surface area contributed by atoms with Gasteiger partial charge in [0.05, 0.1) is 5.57 Å². The Morgan fingerprint density at radius 2 is 1.87 bits per heavy atom. The molecule has 0 spiro atoms. The molecule has 3 rings (SSSR count). The fraction of sp³-hybridized carbons (Fsp3) is 0.250. The van der Waals surface area contributed by atoms with Crippen molar-refractivity contribution < 1.29 is 9.53 Å². The number of amides is 1. The molecular formula is C20H21NO2. The van der Waals surface area contributed by atoms with Gasteiger partial charge in [-0.15, -0.1) is 0 Å². The quantitative estimate of drug-likeness (QED) is 0.913. The van der Waals surface area contributed by atoms with Gasteiger partial charge in [-0.2, -0.15) is 0 Å². The topological polar surface area (TPSA) is 38.3 Å². The summed E-state index contributed by atoms with van der Waals surface area (Å²) in [6.07, 6.45) is 2.90. The Labute approximate surface area is 137 Å². The van der Waals surface area contributed by atoms with Crippen LogP contribution in [0.3, 0.4) is 0 Å². The second-order valence-electron chi connectivity index (χ2n) is 5.72. The van der Waals surface area contributed by atoms with Crippen LogP contribution in [-0.2, 0) is 4.79 Å². The number of hydrogen-bond acceptors (Lipinski definition) is 2. The molecule has 0 aromatic heterocycles. The molecule has 2 aromatic carbocycles. The van der Waals surface area contributed by atoms with E-state index in [-0.39, 0.29) is 5.91 Å². The highest BCUT2D eigenvalue weighted by atomic mass is 16.5. The summed E-state index contributed by atoms with van der Waals surface area (Å²) in [5.74, 6) is 1.12. The van der Waals surface area contributed by atoms with Gasteiger partial charge in [0, 0.05) is 18.0 Å². The highest BCUT2D eigenvalue weighted by Gasteiger charge is 2.18. The van der Waals surface area contributed by atoms with E-state index in [1.54, 1.807) is 0 Å². The first-order valence-corrected chi connectivity index (χ1v) is 8.03. The molecule has 3 nitrogen and oxygen atoms in total. The maximum absolute atomic E-state index is 12.4. The molecule has 0 saturated heterocycles. The van der Waals surface area contributed by atoms with E-state index in [1.807, 2.05) is 48.5 Å². The van der Waals surface area contributed by atoms with Gasteiger partial charge in [0.2, 0.25) is 0 Å². The number of rotatable bonds is 5. The number of carbonyl (C=O) groups excluding carboxylic acids is 1. The first-order chi connectivity index (χ1) is 11.3. The molecule has 1 N–H and O–H groups in total. The summed E-state index contributed by atoms with van der Waals surface area (Å²) < 4.78 is 5.65. The normalized spacial score (nSPS) is 14.2. The van der Waals surface area contributed by atoms with Gasteiger partial charge in [-0.05, 0) is 24.1 Å². The smallest absolute Gasteiger partial charge is 0.250 e. The zero-order valence-corrected chi connectivity index (χ0v) is 13.3. The van der Waals surface area contributed by atoms with Crippen LogP contribution in [0.5, 0.6) is 5.75 Å². The first kappa shape index (κ1) is 15.3. The van der Waals surface area contributed by atoms with Crippen molar-refractivity contribution in [1.29, 1.82) is 0 Å². The molecule has 1 amide bonds. The monoisotopic (exact) mass is 307 g/mol. The highest BCUT2D eigenvalue weighted by molar-refractivity contribution is 5.99. The van der Waals surface area contributed by atoms with Crippen LogP contribution in [0.25, 0.3) is 6.08 Å². The number of para-hydroxylation sites is 1. The van der Waals surface area contributed by atoms with Crippen LogP contribution in [-0.4, -0.2) is 19.1 Å². The lowest BCUT2D eigenvalue weighted by Crippen LogP contribution is -2.32. The maximum Gasteiger partial charge on any atom is 0.250 e. The average Bonchev–Trinajstić information content (AvgIpc) is 2.62. The van der Waals surface area contributed by atoms with Crippen LogP contribution < -0.4 is 10.1 Å². The minimum absolute atomic E-state index is 0.0473. The Morgan fingerprint density at radius 3 is 2.65 bits per heavy atom. The van der Waals surface area contributed by atoms with Crippen LogP contribution in [0.1, 0.15) is 30.4 Å². The van der Waals surface area contributed by atoms with E-state index in [2.05, 4.69) is 24.4 Å². The van der Waals surface area contributed by atoms with Crippen LogP contribution in [0, 0.1) is 0 Å². The van der Waals surface area contributed by atoms with Gasteiger partial charge >= 0.3 is 0 Å². The van der Waals surface area contributed by atoms with Crippen molar-refractivity contribution in [2.75, 3.05) is 13.2 Å². The Morgan fingerprint density at radius 1 is 1.13 bits per heavy atom. The van der Waals surface area contributed by atoms with E-state index < -0.39 is 0 Å². The van der Waals surface area contributed by atoms with Crippen molar-refractivity contribution in [3.05, 3.63) is 71.3 Å². The lowest BCUT2D eigenvalue weighted by Gasteiger charge is -2.20. The fourth-order valence-corrected chi connectivity index (χ4v) is 2.80. The van der Waals surface area contributed by atoms with Gasteiger partial charge in [-0.3, -0.25) is 4.79 Å². The minimum atomic E-state index is -0.0473. The number of hydrogen-bond donors (Lipinski definition) is 1. The van der Waals surface area contributed by atoms with Crippen molar-refractivity contribution in [3.63, 3.8) is 0 Å². The lowest BCUT2D eigenvalue weighted by atomic mass is 9.96. The summed E-state index contributed by atoms with van der Waals surface area (Å²) in [6, 6.07) is 18.1. The summed E-state index contributed by atoms with van der Waals surface area (Å²) in [5.41, 5.74) is 2.89. The van der Waals surface area contributed by atoms with Gasteiger partial charge < -0.3 is 10.1 Å². The molecule has 1 aliphatic heterocycles. The first-order valence-electron chi connectivity index (χ1n) is 8.03. The molecule has 0 bridgehead atoms. The number of nitrogens with one attached hydrogen (secondary N) is 1. The molecule has 0 aliphatic carbocycles. The minimum Gasteiger partial charge on any atom is -0.488 e. The summed E-state index contributed by atoms with van der Waals surface area (Å²) >= 11 is 0. The van der Waals surface area contributed by atoms with Crippen molar-refractivity contribution >= 4 is 12.0 Å². The molecule has 0 saturated carbocycles. The van der Waals surface area contributed by atoms with Crippen LogP contribution in [0.4, 0.5) is 0 Å². The summed E-state index contributed by atoms with van der Waals surface area (Å²) in [6.45, 7) is 3.10. The van der Waals surface area contributed by atoms with Crippen molar-refractivity contribution in [3.8, 4) is 5.75 Å². The van der Waals surface area contributed by atoms with Crippen LogP contribution >= 0.6 is 0 Å². The molecule has 1 atom stereocenters. The SMILES string of the molecule is CC[C@@H](CNC(=O)C1=Cc2ccccc2OC1)c1ccccc1. The third-order valence-electron chi connectivity index (χ3n) is 4.20. The van der Waals surface area contributed by atoms with Gasteiger partial charge in [-0.1, -0.05) is 55.5 Å². The zero-order chi connectivity index (χ0) is 16.1. The number of benzene rings is 2. The maximum atomic E-state index is 12.4. The van der Waals surface area contributed by atoms with Gasteiger partial charge in [-0.25, -0.2) is 0 Å². The number of ether oxygens (including phenoxy) is 1. The molecular weight excluding hydrogens is 286 g/mol. The summed E-state index contributed by atoms with van der Waals surface area (Å²) in [5, 5.41) is 3.05. The molecule has 118 valence electrons. The summed E-state index contributed by atoms with van der Waals surface area (Å²) in [4.78, 5) is 12.4. The van der Waals surface area contributed by atoms with E-state index in [9.17, 15) is 4.79 Å². The Bertz CT molecular complexity index is 707. The summed E-state index contributed by atoms with van der Waals surface area (Å²) in [7, 11) is 0. The van der Waals surface area contributed by atoms with E-state index in [4.69, 9.17) is 4.74 Å². The van der Waals surface area contributed by atoms with E-state index in [0.29, 0.717) is 24.6 Å². The number of carbonyl (C=O) groups is 1. The van der Waals surface area contributed by atoms with E-state index in [0.717, 1.165) is 17.7 Å². The third-order valence-corrected chi connectivity index (χ3v) is 4.20. The fourth-order valence-electron chi connectivity index (χ4n) is 2.80. The van der Waals surface area contributed by atoms with Crippen LogP contribution in [0.15, 0.2) is 60.2 Å². The Kier molecular flexibility index (Phi) is 4.77. The predicted octanol–water partition coefficient (Wildman–Crippen LogP) is 3.77. The largest absolute Gasteiger partial charge is 0.488 e. The van der Waals surface area contributed by atoms with Crippen molar-refractivity contribution in [2.45, 2.75) is 19.3 Å². The molecule has 0 radical (unpaired) electrons. The molecule has 0 unspecified atom stereocenters. The highest BCUT2D eigenvalue weighted by Crippen LogP contribution is 2.26. The van der Waals surface area contributed by atoms with Crippen molar-refractivity contribution in [1.82, 2.24) is 5.32 Å². The molecule has 1 heterocycles. The third kappa shape index (κ3) is 3.62. The molecule has 23 heavy (non-hydrogen) atoms. The number of fused-ring (bicyclic) bond motifs is 1. The molecule has 0 fully saturated rings. The standard InChI is InChI=1S/C20H21NO2/c1-2-15(16-8-4-3-5-9-16)13-21-20(22)18-12-17-10-6-7-11-19(17)23-14-18/h3-12,15H,2,13-14H2,1H3,(H,21,22)/t15-/m0/s1. The molecule has 1 aliphatic rings. The Balaban J connectivity index is 1.65. The molecule has 3 heteroatoms. The Hall–Kier alpha value is -2.55. The second-order valence-corrected chi connectivity index (χ2v) is 5.72. The zero-order valence-electron chi connectivity index (χ0n) is 13.3. The predicted molar refractivity (Wildman–Crippen MR) is 92.4 cm³/mol. The molecule has 2 aromatic rings. The lowest BCUT2D eigenvalue weighted by molar-refractivity contribution is -0.117. The van der Waals surface area contributed by atoms with Gasteiger partial charge in [0.25, 0.3) is 5.91 Å². The van der Waals surface area contributed by atoms with Gasteiger partial charge in [0.15, 0.2) is 0 Å². The van der Waals surface area contributed by atoms with E-state index >= 15 is 0 Å².